The molecule has 0 unspecified atom stereocenters. The number of hydrogen-bond donors (Lipinski definition) is 0. The number of aromatic nitrogens is 4. The van der Waals surface area contributed by atoms with Crippen LogP contribution in [0, 0.1) is 0 Å². The summed E-state index contributed by atoms with van der Waals surface area (Å²) in [5.41, 5.74) is 1.40. The third kappa shape index (κ3) is 4.61. The standard InChI is InChI=1S/C24H25N5O2S/c30-23-20-12-6-5-11-19(20)21(27-29(23)17-18-9-3-1-4-10-18)22-25-26-24(31-22)32-16-15-28-13-7-2-8-14-28/h1,3-6,9-12H,2,7-8,13-17H2. The predicted octanol–water partition coefficient (Wildman–Crippen LogP) is 4.07. The van der Waals surface area contributed by atoms with Crippen LogP contribution in [0.25, 0.3) is 22.4 Å². The summed E-state index contributed by atoms with van der Waals surface area (Å²) in [5, 5.41) is 14.9. The first-order valence-electron chi connectivity index (χ1n) is 11.0. The van der Waals surface area contributed by atoms with Gasteiger partial charge in [0.25, 0.3) is 16.7 Å². The summed E-state index contributed by atoms with van der Waals surface area (Å²) in [6.07, 6.45) is 3.91. The van der Waals surface area contributed by atoms with Crippen LogP contribution in [-0.4, -0.2) is 50.3 Å². The van der Waals surface area contributed by atoms with E-state index >= 15 is 0 Å². The lowest BCUT2D eigenvalue weighted by Gasteiger charge is -2.25. The molecule has 0 spiro atoms. The van der Waals surface area contributed by atoms with Gasteiger partial charge in [0.05, 0.1) is 11.9 Å². The summed E-state index contributed by atoms with van der Waals surface area (Å²) in [6, 6.07) is 17.2. The van der Waals surface area contributed by atoms with Crippen molar-refractivity contribution < 1.29 is 4.42 Å². The molecule has 2 aromatic carbocycles. The van der Waals surface area contributed by atoms with E-state index in [1.54, 1.807) is 11.8 Å². The van der Waals surface area contributed by atoms with E-state index < -0.39 is 0 Å². The second-order valence-electron chi connectivity index (χ2n) is 7.97. The highest BCUT2D eigenvalue weighted by Gasteiger charge is 2.18. The molecule has 1 saturated heterocycles. The van der Waals surface area contributed by atoms with Gasteiger partial charge in [-0.1, -0.05) is 66.7 Å². The maximum absolute atomic E-state index is 13.0. The zero-order valence-corrected chi connectivity index (χ0v) is 18.6. The van der Waals surface area contributed by atoms with Gasteiger partial charge in [-0.3, -0.25) is 4.79 Å². The summed E-state index contributed by atoms with van der Waals surface area (Å²) in [5.74, 6) is 1.24. The Balaban J connectivity index is 1.41. The van der Waals surface area contributed by atoms with E-state index in [0.717, 1.165) is 23.2 Å². The van der Waals surface area contributed by atoms with Crippen molar-refractivity contribution in [1.29, 1.82) is 0 Å². The second-order valence-corrected chi connectivity index (χ2v) is 9.01. The molecule has 2 aromatic heterocycles. The summed E-state index contributed by atoms with van der Waals surface area (Å²) in [6.45, 7) is 3.75. The molecule has 0 N–H and O–H groups in total. The molecule has 4 aromatic rings. The molecule has 8 heteroatoms. The van der Waals surface area contributed by atoms with Crippen molar-refractivity contribution in [2.45, 2.75) is 31.0 Å². The van der Waals surface area contributed by atoms with Crippen molar-refractivity contribution in [2.24, 2.45) is 0 Å². The van der Waals surface area contributed by atoms with Crippen molar-refractivity contribution in [3.63, 3.8) is 0 Å². The number of thioether (sulfide) groups is 1. The molecule has 5 rings (SSSR count). The number of benzene rings is 2. The quantitative estimate of drug-likeness (QED) is 0.395. The molecule has 1 fully saturated rings. The number of piperidine rings is 1. The van der Waals surface area contributed by atoms with Crippen molar-refractivity contribution in [1.82, 2.24) is 24.9 Å². The molecule has 7 nitrogen and oxygen atoms in total. The summed E-state index contributed by atoms with van der Waals surface area (Å²) in [7, 11) is 0. The fourth-order valence-corrected chi connectivity index (χ4v) is 4.83. The zero-order valence-electron chi connectivity index (χ0n) is 17.8. The Kier molecular flexibility index (Phi) is 6.31. The third-order valence-electron chi connectivity index (χ3n) is 5.73. The largest absolute Gasteiger partial charge is 0.410 e. The molecule has 0 atom stereocenters. The van der Waals surface area contributed by atoms with Gasteiger partial charge in [0.15, 0.2) is 5.69 Å². The Bertz CT molecular complexity index is 1250. The van der Waals surface area contributed by atoms with Crippen LogP contribution in [0.2, 0.25) is 0 Å². The predicted molar refractivity (Wildman–Crippen MR) is 126 cm³/mol. The molecular weight excluding hydrogens is 422 g/mol. The Labute approximate surface area is 190 Å². The van der Waals surface area contributed by atoms with Gasteiger partial charge in [-0.2, -0.15) is 5.10 Å². The SMILES string of the molecule is O=c1c2ccccc2c(-c2nnc(SCCN3CCCCC3)o2)nn1Cc1ccccc1. The zero-order chi connectivity index (χ0) is 21.8. The molecule has 3 heterocycles. The van der Waals surface area contributed by atoms with Crippen LogP contribution in [0.4, 0.5) is 0 Å². The summed E-state index contributed by atoms with van der Waals surface area (Å²) < 4.78 is 7.43. The average Bonchev–Trinajstić information content (AvgIpc) is 3.31. The summed E-state index contributed by atoms with van der Waals surface area (Å²) in [4.78, 5) is 15.5. The highest BCUT2D eigenvalue weighted by atomic mass is 32.2. The molecule has 0 amide bonds. The first kappa shape index (κ1) is 20.9. The van der Waals surface area contributed by atoms with Gasteiger partial charge >= 0.3 is 0 Å². The Morgan fingerprint density at radius 2 is 1.66 bits per heavy atom. The summed E-state index contributed by atoms with van der Waals surface area (Å²) >= 11 is 1.57. The maximum atomic E-state index is 13.0. The van der Waals surface area contributed by atoms with Crippen LogP contribution < -0.4 is 5.56 Å². The van der Waals surface area contributed by atoms with Crippen LogP contribution in [-0.2, 0) is 6.54 Å². The fourth-order valence-electron chi connectivity index (χ4n) is 4.07. The number of rotatable bonds is 7. The Morgan fingerprint density at radius 3 is 2.47 bits per heavy atom. The van der Waals surface area contributed by atoms with Gasteiger partial charge in [0.2, 0.25) is 0 Å². The van der Waals surface area contributed by atoms with Crippen LogP contribution in [0.3, 0.4) is 0 Å². The van der Waals surface area contributed by atoms with Gasteiger partial charge in [0, 0.05) is 17.7 Å². The average molecular weight is 448 g/mol. The third-order valence-corrected chi connectivity index (χ3v) is 6.53. The first-order chi connectivity index (χ1) is 15.8. The molecular formula is C24H25N5O2S. The molecule has 0 aliphatic carbocycles. The molecule has 164 valence electrons. The number of nitrogens with zero attached hydrogens (tertiary/aromatic N) is 5. The van der Waals surface area contributed by atoms with E-state index in [4.69, 9.17) is 4.42 Å². The lowest BCUT2D eigenvalue weighted by atomic mass is 10.1. The first-order valence-corrected chi connectivity index (χ1v) is 12.0. The van der Waals surface area contributed by atoms with Crippen molar-refractivity contribution >= 4 is 22.5 Å². The van der Waals surface area contributed by atoms with Crippen molar-refractivity contribution in [3.8, 4) is 11.6 Å². The van der Waals surface area contributed by atoms with Gasteiger partial charge in [0.1, 0.15) is 0 Å². The van der Waals surface area contributed by atoms with E-state index in [9.17, 15) is 4.79 Å². The fraction of sp³-hybridized carbons (Fsp3) is 0.333. The Hall–Kier alpha value is -2.97. The normalized spacial score (nSPS) is 14.8. The van der Waals surface area contributed by atoms with Crippen molar-refractivity contribution in [2.75, 3.05) is 25.4 Å². The van der Waals surface area contributed by atoms with Crippen LogP contribution >= 0.6 is 11.8 Å². The smallest absolute Gasteiger partial charge is 0.276 e. The number of likely N-dealkylation sites (tertiary alicyclic amines) is 1. The number of fused-ring (bicyclic) bond motifs is 1. The van der Waals surface area contributed by atoms with Crippen LogP contribution in [0.15, 0.2) is 69.0 Å². The van der Waals surface area contributed by atoms with Crippen LogP contribution in [0.1, 0.15) is 24.8 Å². The van der Waals surface area contributed by atoms with Gasteiger partial charge < -0.3 is 9.32 Å². The molecule has 1 aliphatic rings. The molecule has 0 radical (unpaired) electrons. The minimum absolute atomic E-state index is 0.135. The molecule has 0 bridgehead atoms. The van der Waals surface area contributed by atoms with Gasteiger partial charge in [-0.15, -0.1) is 10.2 Å². The number of hydrogen-bond acceptors (Lipinski definition) is 7. The van der Waals surface area contributed by atoms with Crippen molar-refractivity contribution in [3.05, 3.63) is 70.5 Å². The van der Waals surface area contributed by atoms with Crippen LogP contribution in [0.5, 0.6) is 0 Å². The van der Waals surface area contributed by atoms with E-state index in [1.165, 1.54) is 37.0 Å². The Morgan fingerprint density at radius 1 is 0.906 bits per heavy atom. The van der Waals surface area contributed by atoms with E-state index in [-0.39, 0.29) is 5.56 Å². The van der Waals surface area contributed by atoms with E-state index in [1.807, 2.05) is 54.6 Å². The minimum Gasteiger partial charge on any atom is -0.410 e. The van der Waals surface area contributed by atoms with E-state index in [2.05, 4.69) is 20.2 Å². The lowest BCUT2D eigenvalue weighted by Crippen LogP contribution is -2.31. The minimum atomic E-state index is -0.135. The second kappa shape index (κ2) is 9.67. The maximum Gasteiger partial charge on any atom is 0.276 e. The van der Waals surface area contributed by atoms with Gasteiger partial charge in [-0.05, 0) is 37.6 Å². The molecule has 1 aliphatic heterocycles. The molecule has 0 saturated carbocycles. The van der Waals surface area contributed by atoms with Gasteiger partial charge in [-0.25, -0.2) is 4.68 Å². The van der Waals surface area contributed by atoms with E-state index in [0.29, 0.717) is 28.7 Å². The molecule has 32 heavy (non-hydrogen) atoms. The lowest BCUT2D eigenvalue weighted by molar-refractivity contribution is 0.242. The topological polar surface area (TPSA) is 77.1 Å². The highest BCUT2D eigenvalue weighted by Crippen LogP contribution is 2.27. The monoisotopic (exact) mass is 447 g/mol. The highest BCUT2D eigenvalue weighted by molar-refractivity contribution is 7.99.